The highest BCUT2D eigenvalue weighted by molar-refractivity contribution is 6.30. The number of benzene rings is 1. The van der Waals surface area contributed by atoms with Crippen LogP contribution in [0.2, 0.25) is 5.02 Å². The van der Waals surface area contributed by atoms with Crippen molar-refractivity contribution in [3.05, 3.63) is 58.9 Å². The lowest BCUT2D eigenvalue weighted by atomic mass is 9.92. The van der Waals surface area contributed by atoms with Gasteiger partial charge in [0, 0.05) is 17.6 Å². The largest absolute Gasteiger partial charge is 0.495 e. The van der Waals surface area contributed by atoms with E-state index in [-0.39, 0.29) is 0 Å². The molecule has 2 rings (SSSR count). The molecule has 1 heterocycles. The SMILES string of the molecule is COc1cccnc1C(C)(O)Cc1ccc(Cl)cc1. The lowest BCUT2D eigenvalue weighted by molar-refractivity contribution is 0.0502. The number of nitrogens with zero attached hydrogens (tertiary/aromatic N) is 1. The van der Waals surface area contributed by atoms with Crippen LogP contribution in [0.4, 0.5) is 0 Å². The van der Waals surface area contributed by atoms with E-state index >= 15 is 0 Å². The molecule has 1 N–H and O–H groups in total. The minimum Gasteiger partial charge on any atom is -0.495 e. The molecule has 0 fully saturated rings. The van der Waals surface area contributed by atoms with Crippen molar-refractivity contribution in [2.45, 2.75) is 18.9 Å². The standard InChI is InChI=1S/C15H16ClNO2/c1-15(18,10-11-5-7-12(16)8-6-11)14-13(19-2)4-3-9-17-14/h3-9,18H,10H2,1-2H3. The van der Waals surface area contributed by atoms with E-state index in [9.17, 15) is 5.11 Å². The molecule has 0 radical (unpaired) electrons. The molecule has 0 saturated heterocycles. The zero-order valence-corrected chi connectivity index (χ0v) is 11.7. The second kappa shape index (κ2) is 5.59. The number of hydrogen-bond donors (Lipinski definition) is 1. The number of rotatable bonds is 4. The monoisotopic (exact) mass is 277 g/mol. The van der Waals surface area contributed by atoms with Gasteiger partial charge in [-0.15, -0.1) is 0 Å². The first-order valence-electron chi connectivity index (χ1n) is 5.99. The van der Waals surface area contributed by atoms with Gasteiger partial charge in [0.15, 0.2) is 0 Å². The van der Waals surface area contributed by atoms with Crippen LogP contribution >= 0.6 is 11.6 Å². The van der Waals surface area contributed by atoms with Crippen molar-refractivity contribution in [3.8, 4) is 5.75 Å². The fraction of sp³-hybridized carbons (Fsp3) is 0.267. The molecular formula is C15H16ClNO2. The fourth-order valence-corrected chi connectivity index (χ4v) is 2.17. The number of halogens is 1. The molecule has 0 aliphatic rings. The van der Waals surface area contributed by atoms with Gasteiger partial charge in [-0.1, -0.05) is 23.7 Å². The molecule has 3 nitrogen and oxygen atoms in total. The van der Waals surface area contributed by atoms with Gasteiger partial charge in [0.2, 0.25) is 0 Å². The van der Waals surface area contributed by atoms with Crippen LogP contribution in [0.1, 0.15) is 18.2 Å². The Morgan fingerprint density at radius 3 is 2.58 bits per heavy atom. The summed E-state index contributed by atoms with van der Waals surface area (Å²) in [5.41, 5.74) is 0.426. The molecule has 2 aromatic rings. The van der Waals surface area contributed by atoms with E-state index in [1.165, 1.54) is 0 Å². The zero-order valence-electron chi connectivity index (χ0n) is 10.9. The van der Waals surface area contributed by atoms with Crippen molar-refractivity contribution < 1.29 is 9.84 Å². The Hall–Kier alpha value is -1.58. The number of aliphatic hydroxyl groups is 1. The van der Waals surface area contributed by atoms with Crippen molar-refractivity contribution >= 4 is 11.6 Å². The molecule has 0 bridgehead atoms. The van der Waals surface area contributed by atoms with Gasteiger partial charge < -0.3 is 9.84 Å². The summed E-state index contributed by atoms with van der Waals surface area (Å²) in [5, 5.41) is 11.3. The van der Waals surface area contributed by atoms with Crippen LogP contribution in [-0.4, -0.2) is 17.2 Å². The van der Waals surface area contributed by atoms with Crippen LogP contribution in [0.5, 0.6) is 5.75 Å². The van der Waals surface area contributed by atoms with Gasteiger partial charge in [0.05, 0.1) is 7.11 Å². The Morgan fingerprint density at radius 2 is 1.95 bits per heavy atom. The highest BCUT2D eigenvalue weighted by Gasteiger charge is 2.28. The quantitative estimate of drug-likeness (QED) is 0.933. The topological polar surface area (TPSA) is 42.4 Å². The van der Waals surface area contributed by atoms with Gasteiger partial charge in [0.1, 0.15) is 17.0 Å². The van der Waals surface area contributed by atoms with Crippen molar-refractivity contribution in [1.82, 2.24) is 4.98 Å². The number of pyridine rings is 1. The molecule has 0 amide bonds. The van der Waals surface area contributed by atoms with Crippen LogP contribution in [0.3, 0.4) is 0 Å². The van der Waals surface area contributed by atoms with Crippen LogP contribution in [0.15, 0.2) is 42.6 Å². The first-order valence-corrected chi connectivity index (χ1v) is 6.37. The van der Waals surface area contributed by atoms with E-state index in [2.05, 4.69) is 4.98 Å². The second-order valence-corrected chi connectivity index (χ2v) is 5.07. The zero-order chi connectivity index (χ0) is 13.9. The van der Waals surface area contributed by atoms with E-state index in [1.807, 2.05) is 24.3 Å². The summed E-state index contributed by atoms with van der Waals surface area (Å²) >= 11 is 5.85. The maximum atomic E-state index is 10.6. The molecule has 100 valence electrons. The maximum absolute atomic E-state index is 10.6. The minimum absolute atomic E-state index is 0.442. The molecule has 19 heavy (non-hydrogen) atoms. The normalized spacial score (nSPS) is 13.9. The first-order chi connectivity index (χ1) is 9.03. The molecule has 0 spiro atoms. The number of aromatic nitrogens is 1. The molecule has 0 saturated carbocycles. The van der Waals surface area contributed by atoms with Crippen molar-refractivity contribution in [1.29, 1.82) is 0 Å². The minimum atomic E-state index is -1.10. The van der Waals surface area contributed by atoms with E-state index in [4.69, 9.17) is 16.3 Å². The summed E-state index contributed by atoms with van der Waals surface area (Å²) in [6, 6.07) is 11.0. The number of ether oxygens (including phenoxy) is 1. The fourth-order valence-electron chi connectivity index (χ4n) is 2.04. The highest BCUT2D eigenvalue weighted by atomic mass is 35.5. The summed E-state index contributed by atoms with van der Waals surface area (Å²) in [6.45, 7) is 1.73. The molecule has 0 aliphatic carbocycles. The maximum Gasteiger partial charge on any atom is 0.143 e. The van der Waals surface area contributed by atoms with Gasteiger partial charge in [0.25, 0.3) is 0 Å². The Balaban J connectivity index is 2.29. The predicted molar refractivity (Wildman–Crippen MR) is 75.5 cm³/mol. The Bertz CT molecular complexity index is 552. The van der Waals surface area contributed by atoms with E-state index < -0.39 is 5.60 Å². The van der Waals surface area contributed by atoms with Gasteiger partial charge >= 0.3 is 0 Å². The summed E-state index contributed by atoms with van der Waals surface area (Å²) < 4.78 is 5.24. The van der Waals surface area contributed by atoms with Gasteiger partial charge in [-0.25, -0.2) is 0 Å². The van der Waals surface area contributed by atoms with Gasteiger partial charge in [-0.05, 0) is 36.8 Å². The Morgan fingerprint density at radius 1 is 1.26 bits per heavy atom. The van der Waals surface area contributed by atoms with Crippen molar-refractivity contribution in [3.63, 3.8) is 0 Å². The summed E-state index contributed by atoms with van der Waals surface area (Å²) in [5.74, 6) is 0.585. The lowest BCUT2D eigenvalue weighted by Crippen LogP contribution is -2.26. The average Bonchev–Trinajstić information content (AvgIpc) is 2.41. The number of hydrogen-bond acceptors (Lipinski definition) is 3. The first kappa shape index (κ1) is 13.8. The molecular weight excluding hydrogens is 262 g/mol. The third-order valence-corrected chi connectivity index (χ3v) is 3.21. The molecule has 1 atom stereocenters. The smallest absolute Gasteiger partial charge is 0.143 e. The Labute approximate surface area is 117 Å². The third kappa shape index (κ3) is 3.25. The van der Waals surface area contributed by atoms with E-state index in [0.717, 1.165) is 5.56 Å². The van der Waals surface area contributed by atoms with Crippen LogP contribution in [0, 0.1) is 0 Å². The molecule has 1 aromatic heterocycles. The third-order valence-electron chi connectivity index (χ3n) is 2.96. The van der Waals surface area contributed by atoms with Crippen LogP contribution < -0.4 is 4.74 Å². The van der Waals surface area contributed by atoms with Crippen LogP contribution in [-0.2, 0) is 12.0 Å². The summed E-state index contributed by atoms with van der Waals surface area (Å²) in [7, 11) is 1.57. The predicted octanol–water partition coefficient (Wildman–Crippen LogP) is 3.19. The Kier molecular flexibility index (Phi) is 4.08. The highest BCUT2D eigenvalue weighted by Crippen LogP contribution is 2.30. The van der Waals surface area contributed by atoms with Crippen molar-refractivity contribution in [2.75, 3.05) is 7.11 Å². The second-order valence-electron chi connectivity index (χ2n) is 4.63. The number of methoxy groups -OCH3 is 1. The summed E-state index contributed by atoms with van der Waals surface area (Å²) in [6.07, 6.45) is 2.09. The molecule has 4 heteroatoms. The molecule has 1 aromatic carbocycles. The lowest BCUT2D eigenvalue weighted by Gasteiger charge is -2.24. The molecule has 0 aliphatic heterocycles. The van der Waals surface area contributed by atoms with Crippen molar-refractivity contribution in [2.24, 2.45) is 0 Å². The van der Waals surface area contributed by atoms with Crippen LogP contribution in [0.25, 0.3) is 0 Å². The van der Waals surface area contributed by atoms with E-state index in [1.54, 1.807) is 32.4 Å². The summed E-state index contributed by atoms with van der Waals surface area (Å²) in [4.78, 5) is 4.23. The molecule has 1 unspecified atom stereocenters. The van der Waals surface area contributed by atoms with Gasteiger partial charge in [-0.2, -0.15) is 0 Å². The van der Waals surface area contributed by atoms with E-state index in [0.29, 0.717) is 22.9 Å². The van der Waals surface area contributed by atoms with Gasteiger partial charge in [-0.3, -0.25) is 4.98 Å². The average molecular weight is 278 g/mol.